The Morgan fingerprint density at radius 2 is 1.89 bits per heavy atom. The van der Waals surface area contributed by atoms with Crippen molar-refractivity contribution in [2.75, 3.05) is 12.3 Å². The van der Waals surface area contributed by atoms with Gasteiger partial charge in [0.1, 0.15) is 5.75 Å². The zero-order chi connectivity index (χ0) is 12.8. The lowest BCUT2D eigenvalue weighted by molar-refractivity contribution is 0.311. The fourth-order valence-corrected chi connectivity index (χ4v) is 2.21. The van der Waals surface area contributed by atoms with E-state index < -0.39 is 0 Å². The van der Waals surface area contributed by atoms with E-state index in [-0.39, 0.29) is 0 Å². The molecule has 0 aromatic heterocycles. The van der Waals surface area contributed by atoms with Gasteiger partial charge in [0.25, 0.3) is 0 Å². The molecule has 0 saturated carbocycles. The van der Waals surface area contributed by atoms with Crippen molar-refractivity contribution in [3.63, 3.8) is 0 Å². The Morgan fingerprint density at radius 1 is 1.06 bits per heavy atom. The summed E-state index contributed by atoms with van der Waals surface area (Å²) < 4.78 is 6.77. The zero-order valence-electron chi connectivity index (χ0n) is 10.1. The molecule has 18 heavy (non-hydrogen) atoms. The molecule has 2 rings (SSSR count). The molecule has 0 atom stereocenters. The number of nitrogens with two attached hydrogens (primary N) is 1. The van der Waals surface area contributed by atoms with E-state index in [0.29, 0.717) is 6.61 Å². The van der Waals surface area contributed by atoms with Crippen LogP contribution >= 0.6 is 15.9 Å². The Morgan fingerprint density at radius 3 is 2.67 bits per heavy atom. The van der Waals surface area contributed by atoms with E-state index in [1.165, 1.54) is 5.56 Å². The van der Waals surface area contributed by atoms with Crippen molar-refractivity contribution in [1.82, 2.24) is 0 Å². The molecule has 0 radical (unpaired) electrons. The van der Waals surface area contributed by atoms with Gasteiger partial charge < -0.3 is 10.5 Å². The van der Waals surface area contributed by atoms with Crippen molar-refractivity contribution in [2.45, 2.75) is 12.8 Å². The molecule has 0 aliphatic rings. The Bertz CT molecular complexity index is 466. The van der Waals surface area contributed by atoms with Crippen molar-refractivity contribution < 1.29 is 4.74 Å². The van der Waals surface area contributed by atoms with Gasteiger partial charge in [-0.1, -0.05) is 34.1 Å². The van der Waals surface area contributed by atoms with Gasteiger partial charge in [-0.25, -0.2) is 0 Å². The monoisotopic (exact) mass is 305 g/mol. The Hall–Kier alpha value is -1.48. The van der Waals surface area contributed by atoms with Crippen molar-refractivity contribution in [3.05, 3.63) is 58.6 Å². The van der Waals surface area contributed by atoms with Crippen LogP contribution in [0.1, 0.15) is 12.0 Å². The number of hydrogen-bond acceptors (Lipinski definition) is 2. The molecule has 0 heterocycles. The van der Waals surface area contributed by atoms with E-state index in [2.05, 4.69) is 34.1 Å². The van der Waals surface area contributed by atoms with Gasteiger partial charge >= 0.3 is 0 Å². The van der Waals surface area contributed by atoms with Gasteiger partial charge in [-0.3, -0.25) is 0 Å². The molecule has 0 saturated heterocycles. The van der Waals surface area contributed by atoms with Crippen LogP contribution in [0.5, 0.6) is 5.75 Å². The lowest BCUT2D eigenvalue weighted by atomic mass is 10.1. The van der Waals surface area contributed by atoms with E-state index in [4.69, 9.17) is 10.5 Å². The summed E-state index contributed by atoms with van der Waals surface area (Å²) in [5.74, 6) is 0.837. The van der Waals surface area contributed by atoms with Gasteiger partial charge in [0.15, 0.2) is 0 Å². The Labute approximate surface area is 116 Å². The predicted octanol–water partition coefficient (Wildman–Crippen LogP) is 4.04. The first kappa shape index (κ1) is 13.0. The number of rotatable bonds is 5. The molecule has 0 aliphatic heterocycles. The largest absolute Gasteiger partial charge is 0.494 e. The van der Waals surface area contributed by atoms with Gasteiger partial charge in [-0.2, -0.15) is 0 Å². The highest BCUT2D eigenvalue weighted by molar-refractivity contribution is 9.10. The lowest BCUT2D eigenvalue weighted by Crippen LogP contribution is -1.99. The van der Waals surface area contributed by atoms with E-state index >= 15 is 0 Å². The molecule has 0 amide bonds. The molecule has 2 aromatic rings. The highest BCUT2D eigenvalue weighted by atomic mass is 79.9. The van der Waals surface area contributed by atoms with Crippen LogP contribution in [0.2, 0.25) is 0 Å². The molecule has 2 nitrogen and oxygen atoms in total. The maximum atomic E-state index is 5.69. The van der Waals surface area contributed by atoms with Crippen LogP contribution in [0.25, 0.3) is 0 Å². The normalized spacial score (nSPS) is 10.3. The number of anilines is 1. The maximum Gasteiger partial charge on any atom is 0.121 e. The van der Waals surface area contributed by atoms with Crippen LogP contribution in [0, 0.1) is 0 Å². The number of aryl methyl sites for hydroxylation is 1. The van der Waals surface area contributed by atoms with E-state index in [9.17, 15) is 0 Å². The molecular weight excluding hydrogens is 290 g/mol. The summed E-state index contributed by atoms with van der Waals surface area (Å²) in [4.78, 5) is 0. The van der Waals surface area contributed by atoms with Gasteiger partial charge in [-0.05, 0) is 42.7 Å². The fraction of sp³-hybridized carbons (Fsp3) is 0.200. The molecule has 2 N–H and O–H groups in total. The van der Waals surface area contributed by atoms with Crippen LogP contribution in [-0.2, 0) is 6.42 Å². The molecular formula is C15H16BrNO. The minimum Gasteiger partial charge on any atom is -0.494 e. The van der Waals surface area contributed by atoms with E-state index in [1.54, 1.807) is 0 Å². The summed E-state index contributed by atoms with van der Waals surface area (Å²) in [7, 11) is 0. The quantitative estimate of drug-likeness (QED) is 0.668. The second-order valence-electron chi connectivity index (χ2n) is 4.15. The number of hydrogen-bond donors (Lipinski definition) is 1. The highest BCUT2D eigenvalue weighted by Crippen LogP contribution is 2.16. The number of ether oxygens (including phenoxy) is 1. The summed E-state index contributed by atoms with van der Waals surface area (Å²) in [6, 6.07) is 15.9. The third-order valence-corrected chi connectivity index (χ3v) is 3.12. The van der Waals surface area contributed by atoms with Crippen molar-refractivity contribution >= 4 is 21.6 Å². The Balaban J connectivity index is 1.76. The van der Waals surface area contributed by atoms with Gasteiger partial charge in [0.05, 0.1) is 6.61 Å². The Kier molecular flexibility index (Phi) is 4.65. The predicted molar refractivity (Wildman–Crippen MR) is 78.8 cm³/mol. The molecule has 0 bridgehead atoms. The third-order valence-electron chi connectivity index (χ3n) is 2.63. The third kappa shape index (κ3) is 4.08. The second kappa shape index (κ2) is 6.45. The van der Waals surface area contributed by atoms with Gasteiger partial charge in [-0.15, -0.1) is 0 Å². The molecule has 94 valence electrons. The molecule has 2 aromatic carbocycles. The van der Waals surface area contributed by atoms with Gasteiger partial charge in [0, 0.05) is 16.2 Å². The standard InChI is InChI=1S/C15H16BrNO/c16-13-6-1-4-12(10-13)5-3-9-18-15-8-2-7-14(17)11-15/h1-2,4,6-8,10-11H,3,5,9,17H2. The molecule has 0 unspecified atom stereocenters. The van der Waals surface area contributed by atoms with E-state index in [0.717, 1.165) is 28.8 Å². The lowest BCUT2D eigenvalue weighted by Gasteiger charge is -2.07. The van der Waals surface area contributed by atoms with E-state index in [1.807, 2.05) is 30.3 Å². The summed E-state index contributed by atoms with van der Waals surface area (Å²) in [5.41, 5.74) is 7.74. The van der Waals surface area contributed by atoms with Crippen LogP contribution in [0.3, 0.4) is 0 Å². The van der Waals surface area contributed by atoms with Crippen molar-refractivity contribution in [1.29, 1.82) is 0 Å². The average Bonchev–Trinajstić information content (AvgIpc) is 2.35. The summed E-state index contributed by atoms with van der Waals surface area (Å²) in [6.07, 6.45) is 2.01. The first-order valence-corrected chi connectivity index (χ1v) is 6.76. The first-order valence-electron chi connectivity index (χ1n) is 5.97. The molecule has 0 aliphatic carbocycles. The van der Waals surface area contributed by atoms with Crippen LogP contribution in [-0.4, -0.2) is 6.61 Å². The number of halogens is 1. The SMILES string of the molecule is Nc1cccc(OCCCc2cccc(Br)c2)c1. The minimum absolute atomic E-state index is 0.704. The molecule has 3 heteroatoms. The zero-order valence-corrected chi connectivity index (χ0v) is 11.7. The van der Waals surface area contributed by atoms with Crippen LogP contribution in [0.15, 0.2) is 53.0 Å². The van der Waals surface area contributed by atoms with Crippen LogP contribution < -0.4 is 10.5 Å². The van der Waals surface area contributed by atoms with Crippen LogP contribution in [0.4, 0.5) is 5.69 Å². The molecule has 0 spiro atoms. The minimum atomic E-state index is 0.704. The van der Waals surface area contributed by atoms with Crippen molar-refractivity contribution in [2.24, 2.45) is 0 Å². The van der Waals surface area contributed by atoms with Crippen molar-refractivity contribution in [3.8, 4) is 5.75 Å². The first-order chi connectivity index (χ1) is 8.74. The molecule has 0 fully saturated rings. The summed E-state index contributed by atoms with van der Waals surface area (Å²) in [6.45, 7) is 0.704. The second-order valence-corrected chi connectivity index (χ2v) is 5.07. The summed E-state index contributed by atoms with van der Waals surface area (Å²) >= 11 is 3.47. The van der Waals surface area contributed by atoms with Gasteiger partial charge in [0.2, 0.25) is 0 Å². The average molecular weight is 306 g/mol. The number of nitrogen functional groups attached to an aromatic ring is 1. The fourth-order valence-electron chi connectivity index (χ4n) is 1.76. The maximum absolute atomic E-state index is 5.69. The number of benzene rings is 2. The summed E-state index contributed by atoms with van der Waals surface area (Å²) in [5, 5.41) is 0. The topological polar surface area (TPSA) is 35.2 Å². The smallest absolute Gasteiger partial charge is 0.121 e. The highest BCUT2D eigenvalue weighted by Gasteiger charge is 1.97.